The Balaban J connectivity index is 0.000000265. The van der Waals surface area contributed by atoms with Crippen LogP contribution in [-0.2, 0) is 39.6 Å². The first-order valence-electron chi connectivity index (χ1n) is 22.1. The summed E-state index contributed by atoms with van der Waals surface area (Å²) in [6.45, 7) is 0.910. The zero-order chi connectivity index (χ0) is 51.4. The van der Waals surface area contributed by atoms with Gasteiger partial charge in [-0.1, -0.05) is 160 Å². The molecule has 13 nitrogen and oxygen atoms in total. The summed E-state index contributed by atoms with van der Waals surface area (Å²) in [5.74, 6) is 0.528. The van der Waals surface area contributed by atoms with Crippen molar-refractivity contribution in [3.63, 3.8) is 0 Å². The van der Waals surface area contributed by atoms with Crippen molar-refractivity contribution in [3.8, 4) is 34.4 Å². The van der Waals surface area contributed by atoms with Crippen LogP contribution >= 0.6 is 39.1 Å². The van der Waals surface area contributed by atoms with Gasteiger partial charge in [0.1, 0.15) is 42.4 Å². The Hall–Kier alpha value is -5.00. The molecule has 0 atom stereocenters. The van der Waals surface area contributed by atoms with E-state index in [0.29, 0.717) is 85.4 Å². The largest absolute Gasteiger partial charge is 1.00 e. The quantitative estimate of drug-likeness (QED) is 0.0280. The zero-order valence-electron chi connectivity index (χ0n) is 41.4. The van der Waals surface area contributed by atoms with E-state index in [4.69, 9.17) is 61.4 Å². The fourth-order valence-corrected chi connectivity index (χ4v) is 7.59. The van der Waals surface area contributed by atoms with Crippen molar-refractivity contribution >= 4 is 79.7 Å². The molecular weight excluding hydrogens is 1120 g/mol. The van der Waals surface area contributed by atoms with Crippen molar-refractivity contribution in [3.05, 3.63) is 238 Å². The maximum absolute atomic E-state index is 12.5. The van der Waals surface area contributed by atoms with Crippen molar-refractivity contribution in [1.82, 2.24) is 9.97 Å². The van der Waals surface area contributed by atoms with Crippen molar-refractivity contribution in [2.24, 2.45) is 0 Å². The Morgan fingerprint density at radius 1 is 0.560 bits per heavy atom. The number of alkyl halides is 1. The van der Waals surface area contributed by atoms with Gasteiger partial charge in [-0.05, 0) is 95.1 Å². The summed E-state index contributed by atoms with van der Waals surface area (Å²) in [4.78, 5) is 43.7. The number of esters is 1. The number of carbonyl (C=O) groups excluding carboxylic acids is 2. The molecule has 0 fully saturated rings. The van der Waals surface area contributed by atoms with Crippen LogP contribution in [0.25, 0.3) is 45.1 Å². The van der Waals surface area contributed by atoms with Gasteiger partial charge in [-0.3, -0.25) is 4.79 Å². The van der Waals surface area contributed by atoms with Crippen LogP contribution in [0, 0.1) is 0 Å². The van der Waals surface area contributed by atoms with E-state index < -0.39 is 11.9 Å². The number of carbonyl (C=O) groups is 3. The van der Waals surface area contributed by atoms with E-state index in [-0.39, 0.29) is 123 Å². The molecule has 0 radical (unpaired) electrons. The number of carboxylic acid groups (broad SMARTS) is 1. The van der Waals surface area contributed by atoms with Crippen LogP contribution in [0.3, 0.4) is 0 Å². The summed E-state index contributed by atoms with van der Waals surface area (Å²) in [7, 11) is 0. The number of carboxylic acids is 1. The number of aromatic nitrogens is 2. The smallest absolute Gasteiger partial charge is 1.00 e. The van der Waals surface area contributed by atoms with Gasteiger partial charge >= 0.3 is 115 Å². The second-order valence-corrected chi connectivity index (χ2v) is 16.8. The molecule has 0 saturated carbocycles. The van der Waals surface area contributed by atoms with Gasteiger partial charge in [0.25, 0.3) is 6.47 Å². The van der Waals surface area contributed by atoms with Gasteiger partial charge < -0.3 is 39.7 Å². The molecule has 10 aromatic rings. The van der Waals surface area contributed by atoms with Gasteiger partial charge in [0.05, 0.1) is 32.3 Å². The van der Waals surface area contributed by atoms with Crippen molar-refractivity contribution in [2.75, 3.05) is 0 Å². The van der Waals surface area contributed by atoms with E-state index in [1.165, 1.54) is 17.7 Å². The maximum atomic E-state index is 12.5. The van der Waals surface area contributed by atoms with Gasteiger partial charge in [0, 0.05) is 5.33 Å². The van der Waals surface area contributed by atoms with Crippen LogP contribution in [0.1, 0.15) is 44.4 Å². The van der Waals surface area contributed by atoms with Gasteiger partial charge in [-0.25, -0.2) is 19.6 Å². The molecule has 18 heteroatoms. The molecular formula is C57H43BrCl2K2N2O11. The Bertz CT molecular complexity index is 3400. The summed E-state index contributed by atoms with van der Waals surface area (Å²) in [6, 6.07) is 59.7. The fourth-order valence-electron chi connectivity index (χ4n) is 6.71. The summed E-state index contributed by atoms with van der Waals surface area (Å²) >= 11 is 16.2. The number of rotatable bonds is 14. The predicted molar refractivity (Wildman–Crippen MR) is 280 cm³/mol. The molecule has 0 aliphatic heterocycles. The molecule has 0 bridgehead atoms. The Morgan fingerprint density at radius 3 is 1.32 bits per heavy atom. The van der Waals surface area contributed by atoms with Crippen LogP contribution in [0.5, 0.6) is 11.5 Å². The second-order valence-electron chi connectivity index (χ2n) is 15.4. The number of aromatic carboxylic acids is 1. The third kappa shape index (κ3) is 18.6. The third-order valence-electron chi connectivity index (χ3n) is 10.3. The monoisotopic (exact) mass is 1160 g/mol. The van der Waals surface area contributed by atoms with Crippen LogP contribution in [0.4, 0.5) is 0 Å². The van der Waals surface area contributed by atoms with E-state index in [9.17, 15) is 9.59 Å². The Kier molecular flexibility index (Phi) is 25.9. The average molecular weight is 1160 g/mol. The van der Waals surface area contributed by atoms with E-state index in [2.05, 4.69) is 42.9 Å². The summed E-state index contributed by atoms with van der Waals surface area (Å²) in [5, 5.41) is 19.4. The molecule has 0 saturated heterocycles. The van der Waals surface area contributed by atoms with Crippen LogP contribution in [0.2, 0.25) is 10.0 Å². The van der Waals surface area contributed by atoms with Gasteiger partial charge in [-0.15, -0.1) is 0 Å². The molecule has 10 rings (SSSR count). The SMILES string of the molecule is BrCc1ccccc1.O=C(O)c1ccc2nc(-c3ccc(OCc4ccccc4)cc3Cl)oc2c1.O=C(OCc1ccccc1)c1ccc2nc(-c3ccc(OCc4ccccc4)cc3Cl)oc2c1.O=CO[O-].[H-].[K+].[K+]. The van der Waals surface area contributed by atoms with Gasteiger partial charge in [0.15, 0.2) is 11.2 Å². The van der Waals surface area contributed by atoms with Gasteiger partial charge in [-0.2, -0.15) is 0 Å². The molecule has 370 valence electrons. The van der Waals surface area contributed by atoms with Crippen LogP contribution in [-0.4, -0.2) is 33.5 Å². The summed E-state index contributed by atoms with van der Waals surface area (Å²) < 4.78 is 28.6. The second kappa shape index (κ2) is 31.9. The topological polar surface area (TPSA) is 183 Å². The minimum atomic E-state index is -1.02. The number of fused-ring (bicyclic) bond motifs is 2. The normalized spacial score (nSPS) is 10.1. The molecule has 0 amide bonds. The van der Waals surface area contributed by atoms with Crippen molar-refractivity contribution < 1.29 is 157 Å². The predicted octanol–water partition coefficient (Wildman–Crippen LogP) is 7.65. The van der Waals surface area contributed by atoms with E-state index in [0.717, 1.165) is 22.0 Å². The number of benzene rings is 8. The number of nitrogens with zero attached hydrogens (tertiary/aromatic N) is 2. The Labute approximate surface area is 536 Å². The number of oxazole rings is 2. The molecule has 75 heavy (non-hydrogen) atoms. The van der Waals surface area contributed by atoms with E-state index in [1.807, 2.05) is 121 Å². The number of hydrogen-bond acceptors (Lipinski definition) is 12. The number of ether oxygens (including phenoxy) is 3. The van der Waals surface area contributed by atoms with Crippen LogP contribution < -0.4 is 118 Å². The number of hydrogen-bond donors (Lipinski definition) is 1. The van der Waals surface area contributed by atoms with Crippen molar-refractivity contribution in [2.45, 2.75) is 25.2 Å². The third-order valence-corrected chi connectivity index (χ3v) is 11.6. The molecule has 8 aromatic carbocycles. The van der Waals surface area contributed by atoms with E-state index in [1.54, 1.807) is 48.5 Å². The fraction of sp³-hybridized carbons (Fsp3) is 0.0702. The standard InChI is InChI=1S/C28H20ClNO4.C21H14ClNO4.C7H7Br.CH2O3.2K.H/c29-24-16-22(32-17-19-7-3-1-4-8-19)12-13-23(24)27-30-25-14-11-21(15-26(25)34-27)28(31)33-18-20-9-5-2-6-10-20;22-17-11-15(26-12-13-4-2-1-3-5-13)7-8-16(17)20-23-18-9-6-14(21(24)25)10-19(18)27-20;8-6-7-4-2-1-3-5-7;2-1-4-3;;;/h1-16H,17-18H2;1-11H,12H2,(H,24,25);1-5H,6H2;1,3H;;;/q;;;;2*+1;-1/p-1. The Morgan fingerprint density at radius 2 is 0.947 bits per heavy atom. The summed E-state index contributed by atoms with van der Waals surface area (Å²) in [6.07, 6.45) is 0. The van der Waals surface area contributed by atoms with Gasteiger partial charge in [0.2, 0.25) is 11.8 Å². The first kappa shape index (κ1) is 60.9. The number of halogens is 3. The van der Waals surface area contributed by atoms with Crippen LogP contribution in [0.15, 0.2) is 203 Å². The molecule has 0 aliphatic rings. The minimum Gasteiger partial charge on any atom is -1.00 e. The molecule has 2 aromatic heterocycles. The first-order valence-corrected chi connectivity index (χ1v) is 24.0. The minimum absolute atomic E-state index is 0. The molecule has 2 heterocycles. The average Bonchev–Trinajstić information content (AvgIpc) is 4.07. The van der Waals surface area contributed by atoms with E-state index >= 15 is 0 Å². The maximum Gasteiger partial charge on any atom is 1.00 e. The van der Waals surface area contributed by atoms with Crippen molar-refractivity contribution in [1.29, 1.82) is 0 Å². The molecule has 0 aliphatic carbocycles. The zero-order valence-corrected chi connectivity index (χ0v) is 49.8. The molecule has 0 spiro atoms. The summed E-state index contributed by atoms with van der Waals surface area (Å²) in [5.41, 5.74) is 8.21. The molecule has 1 N–H and O–H groups in total. The first-order chi connectivity index (χ1) is 35.6. The molecule has 0 unspecified atom stereocenters.